The van der Waals surface area contributed by atoms with Gasteiger partial charge in [-0.05, 0) is 50.2 Å². The van der Waals surface area contributed by atoms with E-state index in [0.717, 1.165) is 37.9 Å². The van der Waals surface area contributed by atoms with Crippen molar-refractivity contribution < 1.29 is 4.79 Å². The van der Waals surface area contributed by atoms with E-state index in [0.29, 0.717) is 17.0 Å². The number of nitrogens with one attached hydrogen (secondary N) is 3. The quantitative estimate of drug-likeness (QED) is 0.373. The molecule has 134 valence electrons. The molecule has 7 heteroatoms. The third-order valence-corrected chi connectivity index (χ3v) is 4.54. The predicted molar refractivity (Wildman–Crippen MR) is 103 cm³/mol. The number of anilines is 1. The van der Waals surface area contributed by atoms with Crippen LogP contribution in [0.4, 0.5) is 5.69 Å². The van der Waals surface area contributed by atoms with Crippen LogP contribution in [0.3, 0.4) is 0 Å². The van der Waals surface area contributed by atoms with Crippen molar-refractivity contribution in [3.8, 4) is 0 Å². The molecule has 2 heterocycles. The molecule has 0 unspecified atom stereocenters. The summed E-state index contributed by atoms with van der Waals surface area (Å²) in [6.07, 6.45) is 5.53. The van der Waals surface area contributed by atoms with Crippen LogP contribution < -0.4 is 16.4 Å². The Morgan fingerprint density at radius 1 is 1.27 bits per heavy atom. The summed E-state index contributed by atoms with van der Waals surface area (Å²) in [5.74, 6) is 0.476. The zero-order chi connectivity index (χ0) is 18.4. The Balaban J connectivity index is 1.89. The van der Waals surface area contributed by atoms with Crippen molar-refractivity contribution in [2.75, 3.05) is 18.4 Å². The van der Waals surface area contributed by atoms with Crippen molar-refractivity contribution in [2.24, 2.45) is 10.7 Å². The van der Waals surface area contributed by atoms with Gasteiger partial charge < -0.3 is 16.4 Å². The van der Waals surface area contributed by atoms with Gasteiger partial charge in [-0.25, -0.2) is 4.99 Å². The molecule has 1 aliphatic heterocycles. The predicted octanol–water partition coefficient (Wildman–Crippen LogP) is 1.81. The average Bonchev–Trinajstić information content (AvgIpc) is 2.69. The van der Waals surface area contributed by atoms with Crippen LogP contribution in [0, 0.1) is 5.41 Å². The smallest absolute Gasteiger partial charge is 0.154 e. The number of nitrogens with two attached hydrogens (primary N) is 1. The molecule has 0 spiro atoms. The molecule has 0 amide bonds. The highest BCUT2D eigenvalue weighted by Gasteiger charge is 2.36. The van der Waals surface area contributed by atoms with Gasteiger partial charge in [-0.15, -0.1) is 0 Å². The summed E-state index contributed by atoms with van der Waals surface area (Å²) in [4.78, 5) is 19.4. The molecule has 0 atom stereocenters. The number of aldehydes is 1. The van der Waals surface area contributed by atoms with Crippen molar-refractivity contribution in [1.82, 2.24) is 10.3 Å². The number of hydrogen-bond acceptors (Lipinski definition) is 5. The fourth-order valence-electron chi connectivity index (χ4n) is 3.07. The van der Waals surface area contributed by atoms with E-state index >= 15 is 0 Å². The number of benzene rings is 1. The molecule has 26 heavy (non-hydrogen) atoms. The lowest BCUT2D eigenvalue weighted by molar-refractivity contribution is 0.112. The fourth-order valence-corrected chi connectivity index (χ4v) is 3.07. The van der Waals surface area contributed by atoms with Gasteiger partial charge in [0.05, 0.1) is 5.54 Å². The Hall–Kier alpha value is -3.06. The van der Waals surface area contributed by atoms with E-state index in [9.17, 15) is 4.79 Å². The lowest BCUT2D eigenvalue weighted by atomic mass is 9.86. The molecule has 1 aliphatic rings. The maximum atomic E-state index is 11.0. The lowest BCUT2D eigenvalue weighted by Crippen LogP contribution is -2.56. The van der Waals surface area contributed by atoms with Crippen molar-refractivity contribution in [3.05, 3.63) is 59.9 Å². The van der Waals surface area contributed by atoms with Crippen molar-refractivity contribution in [1.29, 1.82) is 5.41 Å². The summed E-state index contributed by atoms with van der Waals surface area (Å²) in [5.41, 5.74) is 7.88. The number of amidine groups is 2. The molecule has 3 rings (SSSR count). The first kappa shape index (κ1) is 17.8. The van der Waals surface area contributed by atoms with Crippen LogP contribution in [-0.2, 0) is 0 Å². The largest absolute Gasteiger partial charge is 0.385 e. The molecular weight excluding hydrogens is 328 g/mol. The number of carbonyl (C=O) groups excluding carboxylic acids is 1. The third-order valence-electron chi connectivity index (χ3n) is 4.54. The Kier molecular flexibility index (Phi) is 5.38. The minimum atomic E-state index is -0.563. The first-order valence-electron chi connectivity index (χ1n) is 8.51. The zero-order valence-corrected chi connectivity index (χ0v) is 14.4. The number of aromatic nitrogens is 1. The number of aliphatic imine (C=N–C) groups is 1. The summed E-state index contributed by atoms with van der Waals surface area (Å²) in [5, 5.41) is 15.0. The van der Waals surface area contributed by atoms with E-state index in [1.165, 1.54) is 0 Å². The highest BCUT2D eigenvalue weighted by atomic mass is 16.1. The van der Waals surface area contributed by atoms with E-state index in [1.807, 2.05) is 12.1 Å². The van der Waals surface area contributed by atoms with Gasteiger partial charge in [0.1, 0.15) is 12.1 Å². The molecule has 2 aromatic rings. The van der Waals surface area contributed by atoms with E-state index in [-0.39, 0.29) is 5.84 Å². The van der Waals surface area contributed by atoms with Crippen LogP contribution in [0.1, 0.15) is 28.8 Å². The van der Waals surface area contributed by atoms with Crippen LogP contribution >= 0.6 is 0 Å². The standard InChI is InChI=1S/C19H22N6O/c20-17(15-4-8-22-9-5-15)24-18(21)19(6-10-23-11-7-19)25-16-3-1-2-14(12-16)13-26/h1-5,8-9,12-13,23,25H,6-7,10-11H2,(H3,20,21,24). The minimum absolute atomic E-state index is 0.103. The average molecular weight is 350 g/mol. The van der Waals surface area contributed by atoms with E-state index in [1.54, 1.807) is 36.7 Å². The summed E-state index contributed by atoms with van der Waals surface area (Å²) >= 11 is 0. The molecule has 5 N–H and O–H groups in total. The van der Waals surface area contributed by atoms with Crippen molar-refractivity contribution in [2.45, 2.75) is 18.4 Å². The molecule has 1 fully saturated rings. The van der Waals surface area contributed by atoms with Crippen LogP contribution in [0.2, 0.25) is 0 Å². The van der Waals surface area contributed by atoms with Crippen molar-refractivity contribution in [3.63, 3.8) is 0 Å². The Bertz CT molecular complexity index is 812. The highest BCUT2D eigenvalue weighted by molar-refractivity contribution is 6.07. The number of pyridine rings is 1. The first-order chi connectivity index (χ1) is 12.6. The molecule has 1 aromatic heterocycles. The van der Waals surface area contributed by atoms with Gasteiger partial charge in [0.15, 0.2) is 5.84 Å². The monoisotopic (exact) mass is 350 g/mol. The molecule has 0 saturated carbocycles. The highest BCUT2D eigenvalue weighted by Crippen LogP contribution is 2.25. The summed E-state index contributed by atoms with van der Waals surface area (Å²) in [7, 11) is 0. The molecular formula is C19H22N6O. The molecule has 0 bridgehead atoms. The number of carbonyl (C=O) groups is 1. The van der Waals surface area contributed by atoms with E-state index in [4.69, 9.17) is 11.1 Å². The normalized spacial score (nSPS) is 16.7. The number of rotatable bonds is 5. The second kappa shape index (κ2) is 7.88. The van der Waals surface area contributed by atoms with Gasteiger partial charge in [-0.3, -0.25) is 15.2 Å². The van der Waals surface area contributed by atoms with Gasteiger partial charge >= 0.3 is 0 Å². The van der Waals surface area contributed by atoms with Gasteiger partial charge in [0, 0.05) is 29.2 Å². The van der Waals surface area contributed by atoms with Gasteiger partial charge in [-0.2, -0.15) is 0 Å². The molecule has 1 saturated heterocycles. The van der Waals surface area contributed by atoms with Crippen molar-refractivity contribution >= 4 is 23.6 Å². The van der Waals surface area contributed by atoms with E-state index in [2.05, 4.69) is 20.6 Å². The maximum Gasteiger partial charge on any atom is 0.154 e. The molecule has 0 radical (unpaired) electrons. The molecule has 1 aromatic carbocycles. The number of piperidine rings is 1. The lowest BCUT2D eigenvalue weighted by Gasteiger charge is -2.38. The van der Waals surface area contributed by atoms with Gasteiger partial charge in [-0.1, -0.05) is 12.1 Å². The maximum absolute atomic E-state index is 11.0. The van der Waals surface area contributed by atoms with Crippen LogP contribution in [0.25, 0.3) is 0 Å². The Labute approximate surface area is 152 Å². The van der Waals surface area contributed by atoms with Crippen LogP contribution in [-0.4, -0.2) is 41.6 Å². The summed E-state index contributed by atoms with van der Waals surface area (Å²) < 4.78 is 0. The number of hydrogen-bond donors (Lipinski definition) is 4. The zero-order valence-electron chi connectivity index (χ0n) is 14.4. The molecule has 0 aliphatic carbocycles. The number of nitrogens with zero attached hydrogens (tertiary/aromatic N) is 2. The Morgan fingerprint density at radius 2 is 2.00 bits per heavy atom. The SMILES string of the molecule is N=C(N=C(N)C1(Nc2cccc(C=O)c2)CCNCC1)c1ccncc1. The second-order valence-corrected chi connectivity index (χ2v) is 6.28. The summed E-state index contributed by atoms with van der Waals surface area (Å²) in [6, 6.07) is 10.7. The minimum Gasteiger partial charge on any atom is -0.385 e. The third kappa shape index (κ3) is 3.94. The Morgan fingerprint density at radius 3 is 2.69 bits per heavy atom. The fraction of sp³-hybridized carbons (Fsp3) is 0.263. The van der Waals surface area contributed by atoms with Gasteiger partial charge in [0.25, 0.3) is 0 Å². The topological polar surface area (TPSA) is 116 Å². The van der Waals surface area contributed by atoms with E-state index < -0.39 is 5.54 Å². The van der Waals surface area contributed by atoms with Gasteiger partial charge in [0.2, 0.25) is 0 Å². The summed E-state index contributed by atoms with van der Waals surface area (Å²) in [6.45, 7) is 1.58. The first-order valence-corrected chi connectivity index (χ1v) is 8.51. The second-order valence-electron chi connectivity index (χ2n) is 6.28. The molecule has 7 nitrogen and oxygen atoms in total. The van der Waals surface area contributed by atoms with Crippen LogP contribution in [0.15, 0.2) is 53.8 Å². The van der Waals surface area contributed by atoms with Crippen LogP contribution in [0.5, 0.6) is 0 Å².